The van der Waals surface area contributed by atoms with E-state index in [-0.39, 0.29) is 25.4 Å². The van der Waals surface area contributed by atoms with Crippen molar-refractivity contribution in [3.8, 4) is 11.5 Å². The zero-order valence-electron chi connectivity index (χ0n) is 13.9. The lowest BCUT2D eigenvalue weighted by atomic mass is 10.1. The van der Waals surface area contributed by atoms with E-state index in [1.54, 1.807) is 48.5 Å². The molecule has 0 aromatic heterocycles. The van der Waals surface area contributed by atoms with Crippen molar-refractivity contribution >= 4 is 30.0 Å². The Balaban J connectivity index is 0.00000338. The Kier molecular flexibility index (Phi) is 9.83. The summed E-state index contributed by atoms with van der Waals surface area (Å²) in [7, 11) is 0. The third-order valence-corrected chi connectivity index (χ3v) is 3.45. The highest BCUT2D eigenvalue weighted by Gasteiger charge is 2.06. The van der Waals surface area contributed by atoms with E-state index in [0.717, 1.165) is 5.56 Å². The molecule has 0 saturated heterocycles. The van der Waals surface area contributed by atoms with Crippen LogP contribution in [0.3, 0.4) is 0 Å². The standard InChI is InChI=1S/C18H20ClNO5.ClH/c19-14-2-1-3-16(11-14)25-18(23)12-20-8-9-24-15-6-4-13(5-7-15)10-17(21)22;/h1-7,11,18,20,23H,8-10,12H2,(H,21,22);1H. The lowest BCUT2D eigenvalue weighted by Gasteiger charge is -2.14. The molecule has 0 heterocycles. The number of hydrogen-bond acceptors (Lipinski definition) is 5. The summed E-state index contributed by atoms with van der Waals surface area (Å²) in [5.41, 5.74) is 0.722. The molecule has 0 radical (unpaired) electrons. The first kappa shape index (κ1) is 22.1. The van der Waals surface area contributed by atoms with E-state index >= 15 is 0 Å². The second-order valence-electron chi connectivity index (χ2n) is 5.30. The number of carbonyl (C=O) groups is 1. The van der Waals surface area contributed by atoms with E-state index < -0.39 is 12.3 Å². The number of halogens is 2. The van der Waals surface area contributed by atoms with Gasteiger partial charge in [-0.1, -0.05) is 29.8 Å². The minimum Gasteiger partial charge on any atom is -0.492 e. The highest BCUT2D eigenvalue weighted by atomic mass is 35.5. The van der Waals surface area contributed by atoms with Crippen molar-refractivity contribution in [2.45, 2.75) is 12.7 Å². The SMILES string of the molecule is Cl.O=C(O)Cc1ccc(OCCNCC(O)Oc2cccc(Cl)c2)cc1. The zero-order valence-corrected chi connectivity index (χ0v) is 15.5. The van der Waals surface area contributed by atoms with Crippen LogP contribution < -0.4 is 14.8 Å². The molecule has 2 aromatic carbocycles. The van der Waals surface area contributed by atoms with E-state index in [1.165, 1.54) is 0 Å². The molecule has 6 nitrogen and oxygen atoms in total. The average Bonchev–Trinajstić information content (AvgIpc) is 2.55. The summed E-state index contributed by atoms with van der Waals surface area (Å²) in [6.45, 7) is 1.17. The normalized spacial score (nSPS) is 11.3. The Morgan fingerprint density at radius 2 is 1.88 bits per heavy atom. The molecule has 0 saturated carbocycles. The monoisotopic (exact) mass is 401 g/mol. The topological polar surface area (TPSA) is 88.0 Å². The summed E-state index contributed by atoms with van der Waals surface area (Å²) >= 11 is 5.84. The molecule has 26 heavy (non-hydrogen) atoms. The molecule has 0 spiro atoms. The van der Waals surface area contributed by atoms with Crippen molar-refractivity contribution in [1.29, 1.82) is 0 Å². The maximum atomic E-state index is 10.6. The molecule has 1 unspecified atom stereocenters. The van der Waals surface area contributed by atoms with Gasteiger partial charge in [-0.3, -0.25) is 4.79 Å². The number of nitrogens with one attached hydrogen (secondary N) is 1. The molecule has 1 atom stereocenters. The Morgan fingerprint density at radius 1 is 1.15 bits per heavy atom. The van der Waals surface area contributed by atoms with Gasteiger partial charge in [-0.2, -0.15) is 0 Å². The summed E-state index contributed by atoms with van der Waals surface area (Å²) in [5, 5.41) is 22.1. The molecule has 2 aromatic rings. The number of aliphatic hydroxyl groups excluding tert-OH is 1. The molecule has 0 aliphatic heterocycles. The highest BCUT2D eigenvalue weighted by molar-refractivity contribution is 6.30. The van der Waals surface area contributed by atoms with E-state index in [2.05, 4.69) is 5.32 Å². The van der Waals surface area contributed by atoms with Gasteiger partial charge in [0, 0.05) is 11.6 Å². The zero-order chi connectivity index (χ0) is 18.1. The third-order valence-electron chi connectivity index (χ3n) is 3.21. The largest absolute Gasteiger partial charge is 0.492 e. The summed E-state index contributed by atoms with van der Waals surface area (Å²) in [5.74, 6) is 0.294. The van der Waals surface area contributed by atoms with E-state index in [9.17, 15) is 9.90 Å². The van der Waals surface area contributed by atoms with Crippen molar-refractivity contribution < 1.29 is 24.5 Å². The quantitative estimate of drug-likeness (QED) is 0.419. The van der Waals surface area contributed by atoms with Crippen LogP contribution >= 0.6 is 24.0 Å². The number of hydrogen-bond donors (Lipinski definition) is 3. The number of carboxylic acid groups (broad SMARTS) is 1. The molecular formula is C18H21Cl2NO5. The molecular weight excluding hydrogens is 381 g/mol. The Morgan fingerprint density at radius 3 is 2.54 bits per heavy atom. The van der Waals surface area contributed by atoms with Gasteiger partial charge in [-0.25, -0.2) is 0 Å². The van der Waals surface area contributed by atoms with Gasteiger partial charge >= 0.3 is 5.97 Å². The maximum Gasteiger partial charge on any atom is 0.307 e. The van der Waals surface area contributed by atoms with Crippen LogP contribution in [0.15, 0.2) is 48.5 Å². The van der Waals surface area contributed by atoms with Crippen molar-refractivity contribution in [2.75, 3.05) is 19.7 Å². The fourth-order valence-electron chi connectivity index (χ4n) is 2.08. The number of carboxylic acids is 1. The lowest BCUT2D eigenvalue weighted by molar-refractivity contribution is -0.136. The van der Waals surface area contributed by atoms with Crippen LogP contribution in [0.1, 0.15) is 5.56 Å². The molecule has 2 rings (SSSR count). The van der Waals surface area contributed by atoms with Gasteiger partial charge in [-0.05, 0) is 35.9 Å². The predicted molar refractivity (Wildman–Crippen MR) is 101 cm³/mol. The van der Waals surface area contributed by atoms with Crippen molar-refractivity contribution in [3.05, 3.63) is 59.1 Å². The third kappa shape index (κ3) is 8.40. The minimum absolute atomic E-state index is 0. The van der Waals surface area contributed by atoms with Crippen LogP contribution in [0.4, 0.5) is 0 Å². The second-order valence-corrected chi connectivity index (χ2v) is 5.73. The molecule has 0 fully saturated rings. The number of rotatable bonds is 10. The van der Waals surface area contributed by atoms with Gasteiger partial charge in [-0.15, -0.1) is 12.4 Å². The first-order chi connectivity index (χ1) is 12.0. The van der Waals surface area contributed by atoms with Gasteiger partial charge in [0.2, 0.25) is 6.29 Å². The highest BCUT2D eigenvalue weighted by Crippen LogP contribution is 2.17. The first-order valence-corrected chi connectivity index (χ1v) is 8.15. The molecule has 0 amide bonds. The van der Waals surface area contributed by atoms with Gasteiger partial charge in [0.1, 0.15) is 18.1 Å². The van der Waals surface area contributed by atoms with Crippen LogP contribution in [-0.2, 0) is 11.2 Å². The maximum absolute atomic E-state index is 10.6. The number of benzene rings is 2. The van der Waals surface area contributed by atoms with Crippen LogP contribution in [0.5, 0.6) is 11.5 Å². The predicted octanol–water partition coefficient (Wildman–Crippen LogP) is 2.75. The van der Waals surface area contributed by atoms with Crippen LogP contribution in [0.25, 0.3) is 0 Å². The summed E-state index contributed by atoms with van der Waals surface area (Å²) < 4.78 is 10.9. The van der Waals surface area contributed by atoms with Crippen molar-refractivity contribution in [3.63, 3.8) is 0 Å². The second kappa shape index (κ2) is 11.6. The minimum atomic E-state index is -0.992. The Labute approximate surface area is 163 Å². The lowest BCUT2D eigenvalue weighted by Crippen LogP contribution is -2.33. The molecule has 0 aliphatic carbocycles. The smallest absolute Gasteiger partial charge is 0.307 e. The molecule has 0 bridgehead atoms. The molecule has 3 N–H and O–H groups in total. The van der Waals surface area contributed by atoms with Crippen LogP contribution in [0, 0.1) is 0 Å². The fraction of sp³-hybridized carbons (Fsp3) is 0.278. The van der Waals surface area contributed by atoms with Gasteiger partial charge in [0.05, 0.1) is 13.0 Å². The van der Waals surface area contributed by atoms with Gasteiger partial charge in [0.25, 0.3) is 0 Å². The molecule has 8 heteroatoms. The Bertz CT molecular complexity index is 682. The van der Waals surface area contributed by atoms with E-state index in [1.807, 2.05) is 0 Å². The van der Waals surface area contributed by atoms with Crippen LogP contribution in [-0.4, -0.2) is 42.2 Å². The number of ether oxygens (including phenoxy) is 2. The molecule has 0 aliphatic rings. The first-order valence-electron chi connectivity index (χ1n) is 7.77. The van der Waals surface area contributed by atoms with Gasteiger partial charge in [0.15, 0.2) is 0 Å². The van der Waals surface area contributed by atoms with E-state index in [4.69, 9.17) is 26.2 Å². The summed E-state index contributed by atoms with van der Waals surface area (Å²) in [6.07, 6.45) is -0.999. The fourth-order valence-corrected chi connectivity index (χ4v) is 2.26. The van der Waals surface area contributed by atoms with E-state index in [0.29, 0.717) is 29.7 Å². The summed E-state index contributed by atoms with van der Waals surface area (Å²) in [6, 6.07) is 13.7. The Hall–Kier alpha value is -1.99. The number of aliphatic hydroxyl groups is 1. The van der Waals surface area contributed by atoms with Crippen molar-refractivity contribution in [1.82, 2.24) is 5.32 Å². The van der Waals surface area contributed by atoms with Crippen molar-refractivity contribution in [2.24, 2.45) is 0 Å². The average molecular weight is 402 g/mol. The number of aliphatic carboxylic acids is 1. The molecule has 142 valence electrons. The summed E-state index contributed by atoms with van der Waals surface area (Å²) in [4.78, 5) is 10.6. The van der Waals surface area contributed by atoms with Gasteiger partial charge < -0.3 is 25.0 Å². The van der Waals surface area contributed by atoms with Crippen LogP contribution in [0.2, 0.25) is 5.02 Å².